The van der Waals surface area contributed by atoms with Gasteiger partial charge in [-0.1, -0.05) is 72.3 Å². The maximum atomic E-state index is 14.5. The number of carbonyl (C=O) groups is 2. The molecule has 3 aromatic carbocycles. The van der Waals surface area contributed by atoms with E-state index in [4.69, 9.17) is 0 Å². The first-order valence-corrected chi connectivity index (χ1v) is 19.3. The molecular weight excluding hydrogens is 619 g/mol. The Hall–Kier alpha value is -3.65. The van der Waals surface area contributed by atoms with E-state index in [0.717, 1.165) is 40.7 Å². The van der Waals surface area contributed by atoms with E-state index in [9.17, 15) is 18.0 Å². The van der Waals surface area contributed by atoms with Crippen molar-refractivity contribution >= 4 is 27.5 Å². The Bertz CT molecular complexity index is 1680. The summed E-state index contributed by atoms with van der Waals surface area (Å²) in [7, 11) is -3.83. The van der Waals surface area contributed by atoms with Gasteiger partial charge in [-0.15, -0.1) is 0 Å². The molecule has 0 radical (unpaired) electrons. The van der Waals surface area contributed by atoms with Crippen LogP contribution in [0.1, 0.15) is 81.5 Å². The number of benzene rings is 3. The van der Waals surface area contributed by atoms with Crippen molar-refractivity contribution in [1.82, 2.24) is 10.2 Å². The normalized spacial score (nSPS) is 23.8. The van der Waals surface area contributed by atoms with E-state index in [0.29, 0.717) is 12.1 Å². The van der Waals surface area contributed by atoms with E-state index in [1.165, 1.54) is 48.4 Å². The maximum Gasteiger partial charge on any atom is 0.244 e. The number of nitrogens with zero attached hydrogens (tertiary/aromatic N) is 2. The molecule has 0 aliphatic heterocycles. The largest absolute Gasteiger partial charge is 0.350 e. The van der Waals surface area contributed by atoms with Crippen LogP contribution in [0, 0.1) is 24.7 Å². The Kier molecular flexibility index (Phi) is 9.51. The number of hydrogen-bond acceptors (Lipinski definition) is 4. The van der Waals surface area contributed by atoms with Crippen LogP contribution in [0.25, 0.3) is 0 Å². The molecule has 0 spiro atoms. The predicted octanol–water partition coefficient (Wildman–Crippen LogP) is 6.78. The lowest BCUT2D eigenvalue weighted by molar-refractivity contribution is -0.140. The van der Waals surface area contributed by atoms with Gasteiger partial charge in [-0.05, 0) is 118 Å². The quantitative estimate of drug-likeness (QED) is 0.244. The lowest BCUT2D eigenvalue weighted by atomic mass is 9.48. The number of nitrogens with one attached hydrogen (secondary N) is 1. The Morgan fingerprint density at radius 2 is 1.40 bits per heavy atom. The number of sulfonamides is 1. The van der Waals surface area contributed by atoms with Gasteiger partial charge in [0.25, 0.3) is 0 Å². The number of aryl methyl sites for hydroxylation is 1. The van der Waals surface area contributed by atoms with Crippen molar-refractivity contribution < 1.29 is 18.0 Å². The van der Waals surface area contributed by atoms with Crippen LogP contribution in [-0.4, -0.2) is 49.5 Å². The topological polar surface area (TPSA) is 86.8 Å². The second-order valence-electron chi connectivity index (χ2n) is 16.0. The van der Waals surface area contributed by atoms with E-state index in [1.54, 1.807) is 4.90 Å². The van der Waals surface area contributed by atoms with Gasteiger partial charge in [-0.3, -0.25) is 13.9 Å². The third-order valence-electron chi connectivity index (χ3n) is 10.7. The molecule has 1 N–H and O–H groups in total. The van der Waals surface area contributed by atoms with Crippen LogP contribution in [0.4, 0.5) is 5.69 Å². The highest BCUT2D eigenvalue weighted by atomic mass is 32.2. The molecular formula is C40H51N3O4S. The smallest absolute Gasteiger partial charge is 0.244 e. The number of anilines is 1. The fourth-order valence-corrected chi connectivity index (χ4v) is 9.81. The highest BCUT2D eigenvalue weighted by Crippen LogP contribution is 2.60. The molecule has 48 heavy (non-hydrogen) atoms. The fourth-order valence-electron chi connectivity index (χ4n) is 8.96. The van der Waals surface area contributed by atoms with Crippen molar-refractivity contribution in [2.45, 2.75) is 96.2 Å². The van der Waals surface area contributed by atoms with E-state index in [1.807, 2.05) is 94.4 Å². The molecule has 4 fully saturated rings. The molecule has 4 bridgehead atoms. The second-order valence-corrected chi connectivity index (χ2v) is 17.9. The van der Waals surface area contributed by atoms with Gasteiger partial charge < -0.3 is 10.2 Å². The van der Waals surface area contributed by atoms with Crippen LogP contribution in [0.5, 0.6) is 0 Å². The highest BCUT2D eigenvalue weighted by Gasteiger charge is 2.51. The molecule has 7 nitrogen and oxygen atoms in total. The van der Waals surface area contributed by atoms with Crippen molar-refractivity contribution in [1.29, 1.82) is 0 Å². The van der Waals surface area contributed by atoms with Crippen LogP contribution in [0.3, 0.4) is 0 Å². The molecule has 1 unspecified atom stereocenters. The van der Waals surface area contributed by atoms with Gasteiger partial charge in [0.15, 0.2) is 0 Å². The van der Waals surface area contributed by atoms with Crippen molar-refractivity contribution in [3.63, 3.8) is 0 Å². The van der Waals surface area contributed by atoms with E-state index >= 15 is 0 Å². The zero-order valence-electron chi connectivity index (χ0n) is 29.1. The molecule has 2 amide bonds. The zero-order valence-corrected chi connectivity index (χ0v) is 29.9. The standard InChI is InChI=1S/C40H51N3O4S/c1-28-11-13-30(14-12-28)26-42(36(38(45)41-39(2,3)4)22-29-9-7-6-8-10-29)37(44)27-43(48(5,46)47)35-17-15-34(16-18-35)40-23-31-19-32(24-40)21-33(20-31)25-40/h6-18,31-33,36H,19-27H2,1-5H3,(H,41,45). The molecule has 0 heterocycles. The van der Waals surface area contributed by atoms with Crippen molar-refractivity contribution in [3.05, 3.63) is 101 Å². The molecule has 3 aromatic rings. The summed E-state index contributed by atoms with van der Waals surface area (Å²) < 4.78 is 27.9. The molecule has 4 saturated carbocycles. The number of carbonyl (C=O) groups excluding carboxylic acids is 2. The van der Waals surface area contributed by atoms with Crippen molar-refractivity contribution in [3.8, 4) is 0 Å². The summed E-state index contributed by atoms with van der Waals surface area (Å²) >= 11 is 0. The van der Waals surface area contributed by atoms with Crippen LogP contribution in [-0.2, 0) is 38.0 Å². The van der Waals surface area contributed by atoms with Crippen LogP contribution >= 0.6 is 0 Å². The predicted molar refractivity (Wildman–Crippen MR) is 192 cm³/mol. The third kappa shape index (κ3) is 7.80. The van der Waals surface area contributed by atoms with E-state index in [2.05, 4.69) is 17.4 Å². The Morgan fingerprint density at radius 1 is 0.833 bits per heavy atom. The molecule has 7 rings (SSSR count). The molecule has 8 heteroatoms. The molecule has 4 aliphatic carbocycles. The Labute approximate surface area is 287 Å². The monoisotopic (exact) mass is 669 g/mol. The summed E-state index contributed by atoms with van der Waals surface area (Å²) in [6.45, 7) is 7.49. The molecule has 0 saturated heterocycles. The maximum absolute atomic E-state index is 14.5. The first-order valence-electron chi connectivity index (χ1n) is 17.5. The van der Waals surface area contributed by atoms with Gasteiger partial charge in [-0.2, -0.15) is 0 Å². The minimum Gasteiger partial charge on any atom is -0.350 e. The van der Waals surface area contributed by atoms with Gasteiger partial charge in [0.1, 0.15) is 12.6 Å². The minimum absolute atomic E-state index is 0.163. The summed E-state index contributed by atoms with van der Waals surface area (Å²) in [6, 6.07) is 24.6. The number of rotatable bonds is 11. The third-order valence-corrected chi connectivity index (χ3v) is 11.9. The highest BCUT2D eigenvalue weighted by molar-refractivity contribution is 7.92. The summed E-state index contributed by atoms with van der Waals surface area (Å²) in [5.74, 6) is 1.70. The van der Waals surface area contributed by atoms with Gasteiger partial charge in [0.2, 0.25) is 21.8 Å². The van der Waals surface area contributed by atoms with Crippen LogP contribution < -0.4 is 9.62 Å². The lowest BCUT2D eigenvalue weighted by Gasteiger charge is -2.57. The van der Waals surface area contributed by atoms with E-state index < -0.39 is 34.1 Å². The van der Waals surface area contributed by atoms with Crippen molar-refractivity contribution in [2.75, 3.05) is 17.1 Å². The average molecular weight is 670 g/mol. The number of hydrogen-bond donors (Lipinski definition) is 1. The first kappa shape index (κ1) is 34.2. The zero-order chi connectivity index (χ0) is 34.3. The van der Waals surface area contributed by atoms with Gasteiger partial charge in [-0.25, -0.2) is 8.42 Å². The first-order chi connectivity index (χ1) is 22.7. The summed E-state index contributed by atoms with van der Waals surface area (Å²) in [6.07, 6.45) is 9.18. The van der Waals surface area contributed by atoms with Gasteiger partial charge in [0.05, 0.1) is 11.9 Å². The second kappa shape index (κ2) is 13.3. The van der Waals surface area contributed by atoms with Crippen LogP contribution in [0.2, 0.25) is 0 Å². The summed E-state index contributed by atoms with van der Waals surface area (Å²) in [4.78, 5) is 30.0. The average Bonchev–Trinajstić information content (AvgIpc) is 3.01. The number of amides is 2. The van der Waals surface area contributed by atoms with Gasteiger partial charge in [0, 0.05) is 18.5 Å². The van der Waals surface area contributed by atoms with E-state index in [-0.39, 0.29) is 17.9 Å². The van der Waals surface area contributed by atoms with Crippen LogP contribution in [0.15, 0.2) is 78.9 Å². The minimum atomic E-state index is -3.83. The molecule has 4 aliphatic rings. The SMILES string of the molecule is Cc1ccc(CN(C(=O)CN(c2ccc(C34CC5CC(CC(C5)C3)C4)cc2)S(C)(=O)=O)C(Cc2ccccc2)C(=O)NC(C)(C)C)cc1. The summed E-state index contributed by atoms with van der Waals surface area (Å²) in [5.41, 5.74) is 4.29. The summed E-state index contributed by atoms with van der Waals surface area (Å²) in [5, 5.41) is 3.08. The Morgan fingerprint density at radius 3 is 1.92 bits per heavy atom. The van der Waals surface area contributed by atoms with Gasteiger partial charge >= 0.3 is 0 Å². The van der Waals surface area contributed by atoms with Crippen molar-refractivity contribution in [2.24, 2.45) is 17.8 Å². The fraction of sp³-hybridized carbons (Fsp3) is 0.500. The molecule has 0 aromatic heterocycles. The molecule has 1 atom stereocenters. The molecule has 256 valence electrons. The lowest BCUT2D eigenvalue weighted by Crippen LogP contribution is -2.56. The Balaban J connectivity index is 1.31.